The Balaban J connectivity index is 1.91. The third-order valence-corrected chi connectivity index (χ3v) is 4.30. The first-order valence-corrected chi connectivity index (χ1v) is 6.98. The summed E-state index contributed by atoms with van der Waals surface area (Å²) >= 11 is 0. The van der Waals surface area contributed by atoms with E-state index in [1.54, 1.807) is 0 Å². The highest BCUT2D eigenvalue weighted by Gasteiger charge is 2.51. The molecule has 1 aliphatic rings. The van der Waals surface area contributed by atoms with Crippen LogP contribution in [-0.4, -0.2) is 22.9 Å². The van der Waals surface area contributed by atoms with Crippen molar-refractivity contribution in [1.82, 2.24) is 4.57 Å². The second-order valence-electron chi connectivity index (χ2n) is 6.27. The van der Waals surface area contributed by atoms with Crippen LogP contribution in [0.15, 0.2) is 48.8 Å². The first kappa shape index (κ1) is 13.5. The van der Waals surface area contributed by atoms with Gasteiger partial charge >= 0.3 is 7.12 Å². The molecule has 0 aliphatic carbocycles. The minimum absolute atomic E-state index is 0.304. The van der Waals surface area contributed by atoms with Crippen molar-refractivity contribution in [3.63, 3.8) is 0 Å². The van der Waals surface area contributed by atoms with Gasteiger partial charge in [-0.3, -0.25) is 0 Å². The standard InChI is InChI=1S/C16H20BNO2/c1-15(2)16(3,4)20-17(19-15)13-8-7-9-14(12-13)18-10-5-6-11-18/h5-12H,1-4H3. The summed E-state index contributed by atoms with van der Waals surface area (Å²) in [5, 5.41) is 0. The Kier molecular flexibility index (Phi) is 3.03. The molecular weight excluding hydrogens is 249 g/mol. The predicted octanol–water partition coefficient (Wildman–Crippen LogP) is 2.78. The summed E-state index contributed by atoms with van der Waals surface area (Å²) in [5.74, 6) is 0. The highest BCUT2D eigenvalue weighted by molar-refractivity contribution is 6.62. The first-order chi connectivity index (χ1) is 9.39. The van der Waals surface area contributed by atoms with E-state index in [1.165, 1.54) is 0 Å². The van der Waals surface area contributed by atoms with Crippen LogP contribution < -0.4 is 5.46 Å². The highest BCUT2D eigenvalue weighted by Crippen LogP contribution is 2.36. The first-order valence-electron chi connectivity index (χ1n) is 6.98. The Bertz CT molecular complexity index is 589. The lowest BCUT2D eigenvalue weighted by Crippen LogP contribution is -2.41. The minimum atomic E-state index is -0.310. The van der Waals surface area contributed by atoms with E-state index in [-0.39, 0.29) is 18.3 Å². The average Bonchev–Trinajstić information content (AvgIpc) is 2.97. The van der Waals surface area contributed by atoms with Gasteiger partial charge in [-0.2, -0.15) is 0 Å². The molecule has 2 heterocycles. The van der Waals surface area contributed by atoms with Crippen LogP contribution >= 0.6 is 0 Å². The molecule has 1 aromatic carbocycles. The summed E-state index contributed by atoms with van der Waals surface area (Å²) < 4.78 is 14.3. The van der Waals surface area contributed by atoms with E-state index in [1.807, 2.05) is 30.6 Å². The quantitative estimate of drug-likeness (QED) is 0.782. The monoisotopic (exact) mass is 269 g/mol. The molecule has 0 N–H and O–H groups in total. The maximum atomic E-state index is 6.09. The van der Waals surface area contributed by atoms with Gasteiger partial charge < -0.3 is 13.9 Å². The third kappa shape index (κ3) is 2.19. The number of benzene rings is 1. The molecule has 104 valence electrons. The van der Waals surface area contributed by atoms with Gasteiger partial charge in [-0.1, -0.05) is 12.1 Å². The van der Waals surface area contributed by atoms with Crippen LogP contribution in [0.2, 0.25) is 0 Å². The van der Waals surface area contributed by atoms with Crippen LogP contribution in [0.1, 0.15) is 27.7 Å². The average molecular weight is 269 g/mol. The molecule has 0 saturated carbocycles. The van der Waals surface area contributed by atoms with Crippen molar-refractivity contribution in [3.8, 4) is 5.69 Å². The van der Waals surface area contributed by atoms with Crippen molar-refractivity contribution in [2.24, 2.45) is 0 Å². The van der Waals surface area contributed by atoms with Crippen LogP contribution in [0.25, 0.3) is 5.69 Å². The summed E-state index contributed by atoms with van der Waals surface area (Å²) in [6.45, 7) is 8.29. The van der Waals surface area contributed by atoms with Crippen LogP contribution in [0.4, 0.5) is 0 Å². The van der Waals surface area contributed by atoms with Gasteiger partial charge in [0.05, 0.1) is 11.2 Å². The van der Waals surface area contributed by atoms with Crippen molar-refractivity contribution in [2.75, 3.05) is 0 Å². The van der Waals surface area contributed by atoms with E-state index in [2.05, 4.69) is 50.5 Å². The van der Waals surface area contributed by atoms with Gasteiger partial charge in [0.25, 0.3) is 0 Å². The lowest BCUT2D eigenvalue weighted by atomic mass is 9.79. The lowest BCUT2D eigenvalue weighted by molar-refractivity contribution is 0.00578. The fourth-order valence-electron chi connectivity index (χ4n) is 2.32. The molecule has 4 heteroatoms. The van der Waals surface area contributed by atoms with Crippen molar-refractivity contribution < 1.29 is 9.31 Å². The maximum Gasteiger partial charge on any atom is 0.494 e. The molecule has 0 amide bonds. The van der Waals surface area contributed by atoms with E-state index in [4.69, 9.17) is 9.31 Å². The third-order valence-electron chi connectivity index (χ3n) is 4.30. The van der Waals surface area contributed by atoms with Crippen LogP contribution in [0, 0.1) is 0 Å². The van der Waals surface area contributed by atoms with Gasteiger partial charge in [0.2, 0.25) is 0 Å². The molecule has 0 radical (unpaired) electrons. The van der Waals surface area contributed by atoms with Crippen molar-refractivity contribution >= 4 is 12.6 Å². The van der Waals surface area contributed by atoms with Gasteiger partial charge in [-0.05, 0) is 57.4 Å². The second kappa shape index (κ2) is 4.50. The molecule has 2 aromatic rings. The molecule has 3 rings (SSSR count). The largest absolute Gasteiger partial charge is 0.494 e. The molecule has 20 heavy (non-hydrogen) atoms. The number of hydrogen-bond acceptors (Lipinski definition) is 2. The van der Waals surface area contributed by atoms with Gasteiger partial charge in [0.1, 0.15) is 0 Å². The predicted molar refractivity (Wildman–Crippen MR) is 81.5 cm³/mol. The number of nitrogens with zero attached hydrogens (tertiary/aromatic N) is 1. The van der Waals surface area contributed by atoms with Crippen LogP contribution in [0.3, 0.4) is 0 Å². The van der Waals surface area contributed by atoms with E-state index in [0.29, 0.717) is 0 Å². The molecule has 0 atom stereocenters. The molecule has 1 aromatic heterocycles. The Labute approximate surface area is 120 Å². The van der Waals surface area contributed by atoms with Gasteiger partial charge in [0, 0.05) is 18.1 Å². The molecule has 0 spiro atoms. The maximum absolute atomic E-state index is 6.09. The van der Waals surface area contributed by atoms with Crippen molar-refractivity contribution in [2.45, 2.75) is 38.9 Å². The van der Waals surface area contributed by atoms with Crippen LogP contribution in [0.5, 0.6) is 0 Å². The molecule has 3 nitrogen and oxygen atoms in total. The van der Waals surface area contributed by atoms with E-state index < -0.39 is 0 Å². The summed E-state index contributed by atoms with van der Waals surface area (Å²) in [4.78, 5) is 0. The van der Waals surface area contributed by atoms with E-state index in [9.17, 15) is 0 Å². The zero-order valence-electron chi connectivity index (χ0n) is 12.5. The fourth-order valence-corrected chi connectivity index (χ4v) is 2.32. The highest BCUT2D eigenvalue weighted by atomic mass is 16.7. The Morgan fingerprint density at radius 3 is 2.10 bits per heavy atom. The van der Waals surface area contributed by atoms with E-state index >= 15 is 0 Å². The molecule has 0 bridgehead atoms. The molecular formula is C16H20BNO2. The lowest BCUT2D eigenvalue weighted by Gasteiger charge is -2.32. The van der Waals surface area contributed by atoms with Crippen molar-refractivity contribution in [1.29, 1.82) is 0 Å². The number of aromatic nitrogens is 1. The normalized spacial score (nSPS) is 20.3. The summed E-state index contributed by atoms with van der Waals surface area (Å²) in [5.41, 5.74) is 1.56. The molecule has 1 saturated heterocycles. The zero-order valence-corrected chi connectivity index (χ0v) is 12.5. The van der Waals surface area contributed by atoms with Crippen molar-refractivity contribution in [3.05, 3.63) is 48.8 Å². The molecule has 0 unspecified atom stereocenters. The smallest absolute Gasteiger partial charge is 0.399 e. The summed E-state index contributed by atoms with van der Waals surface area (Å²) in [6.07, 6.45) is 4.06. The number of rotatable bonds is 2. The van der Waals surface area contributed by atoms with Gasteiger partial charge in [-0.25, -0.2) is 0 Å². The second-order valence-corrected chi connectivity index (χ2v) is 6.27. The number of hydrogen-bond donors (Lipinski definition) is 0. The Morgan fingerprint density at radius 2 is 1.50 bits per heavy atom. The summed E-state index contributed by atoms with van der Waals surface area (Å²) in [7, 11) is -0.310. The molecule has 1 fully saturated rings. The Morgan fingerprint density at radius 1 is 0.900 bits per heavy atom. The van der Waals surface area contributed by atoms with Gasteiger partial charge in [0.15, 0.2) is 0 Å². The summed E-state index contributed by atoms with van der Waals surface area (Å²) in [6, 6.07) is 12.3. The fraction of sp³-hybridized carbons (Fsp3) is 0.375. The van der Waals surface area contributed by atoms with Crippen LogP contribution in [-0.2, 0) is 9.31 Å². The minimum Gasteiger partial charge on any atom is -0.399 e. The van der Waals surface area contributed by atoms with Gasteiger partial charge in [-0.15, -0.1) is 0 Å². The SMILES string of the molecule is CC1(C)OB(c2cccc(-n3cccc3)c2)OC1(C)C. The topological polar surface area (TPSA) is 23.4 Å². The molecule has 1 aliphatic heterocycles. The zero-order chi connectivity index (χ0) is 14.4. The Hall–Kier alpha value is -1.52. The van der Waals surface area contributed by atoms with E-state index in [0.717, 1.165) is 11.2 Å².